The maximum Gasteiger partial charge on any atom is 0.411 e. The minimum atomic E-state index is -1.10. The van der Waals surface area contributed by atoms with E-state index in [-0.39, 0.29) is 13.0 Å². The van der Waals surface area contributed by atoms with Gasteiger partial charge in [-0.1, -0.05) is 12.1 Å². The van der Waals surface area contributed by atoms with Crippen molar-refractivity contribution in [2.45, 2.75) is 44.9 Å². The van der Waals surface area contributed by atoms with Gasteiger partial charge in [0.25, 0.3) is 0 Å². The van der Waals surface area contributed by atoms with Gasteiger partial charge in [-0.05, 0) is 38.3 Å². The molecule has 1 N–H and O–H groups in total. The Morgan fingerprint density at radius 3 is 2.64 bits per heavy atom. The number of likely N-dealkylation sites (tertiary alicyclic amines) is 1. The topological polar surface area (TPSA) is 98.2 Å². The van der Waals surface area contributed by atoms with Gasteiger partial charge in [0.1, 0.15) is 23.5 Å². The molecule has 2 atom stereocenters. The predicted molar refractivity (Wildman–Crippen MR) is 102 cm³/mol. The van der Waals surface area contributed by atoms with Gasteiger partial charge in [-0.25, -0.2) is 14.6 Å². The molecule has 1 aliphatic heterocycles. The van der Waals surface area contributed by atoms with Crippen LogP contribution >= 0.6 is 0 Å². The highest BCUT2D eigenvalue weighted by Gasteiger charge is 2.43. The third-order valence-corrected chi connectivity index (χ3v) is 4.39. The van der Waals surface area contributed by atoms with Crippen LogP contribution in [0.15, 0.2) is 30.5 Å². The molecule has 1 saturated heterocycles. The number of carbonyl (C=O) groups is 2. The zero-order valence-electron chi connectivity index (χ0n) is 16.3. The van der Waals surface area contributed by atoms with Crippen molar-refractivity contribution in [2.24, 2.45) is 0 Å². The lowest BCUT2D eigenvalue weighted by atomic mass is 10.1. The molecule has 1 aromatic carbocycles. The molecule has 28 heavy (non-hydrogen) atoms. The van der Waals surface area contributed by atoms with Gasteiger partial charge in [0.2, 0.25) is 5.88 Å². The van der Waals surface area contributed by atoms with Crippen LogP contribution in [0, 0.1) is 0 Å². The zero-order chi connectivity index (χ0) is 20.5. The van der Waals surface area contributed by atoms with Gasteiger partial charge in [-0.3, -0.25) is 4.90 Å². The second-order valence-electron chi connectivity index (χ2n) is 7.64. The number of hydrogen-bond acceptors (Lipinski definition) is 6. The van der Waals surface area contributed by atoms with Crippen LogP contribution < -0.4 is 9.47 Å². The van der Waals surface area contributed by atoms with Gasteiger partial charge in [0.05, 0.1) is 19.0 Å². The summed E-state index contributed by atoms with van der Waals surface area (Å²) >= 11 is 0. The molecule has 2 unspecified atom stereocenters. The molecule has 1 aliphatic rings. The Bertz CT molecular complexity index is 887. The summed E-state index contributed by atoms with van der Waals surface area (Å²) < 4.78 is 16.8. The van der Waals surface area contributed by atoms with E-state index in [4.69, 9.17) is 14.2 Å². The van der Waals surface area contributed by atoms with Gasteiger partial charge in [-0.2, -0.15) is 0 Å². The average molecular weight is 388 g/mol. The largest absolute Gasteiger partial charge is 0.496 e. The fourth-order valence-corrected chi connectivity index (χ4v) is 3.22. The van der Waals surface area contributed by atoms with Crippen LogP contribution in [0.1, 0.15) is 27.2 Å². The van der Waals surface area contributed by atoms with Crippen molar-refractivity contribution in [3.05, 3.63) is 30.5 Å². The van der Waals surface area contributed by atoms with Crippen LogP contribution in [0.25, 0.3) is 10.8 Å². The van der Waals surface area contributed by atoms with E-state index in [1.165, 1.54) is 4.90 Å². The fourth-order valence-electron chi connectivity index (χ4n) is 3.22. The Morgan fingerprint density at radius 2 is 2.00 bits per heavy atom. The maximum absolute atomic E-state index is 12.4. The normalized spacial score (nSPS) is 19.5. The van der Waals surface area contributed by atoms with E-state index in [1.54, 1.807) is 40.1 Å². The van der Waals surface area contributed by atoms with Crippen molar-refractivity contribution >= 4 is 22.8 Å². The monoisotopic (exact) mass is 388 g/mol. The van der Waals surface area contributed by atoms with Gasteiger partial charge >= 0.3 is 12.1 Å². The number of nitrogens with zero attached hydrogens (tertiary/aromatic N) is 2. The first-order valence-corrected chi connectivity index (χ1v) is 9.00. The summed E-state index contributed by atoms with van der Waals surface area (Å²) in [4.78, 5) is 29.6. The average Bonchev–Trinajstić information content (AvgIpc) is 3.04. The first kappa shape index (κ1) is 19.7. The van der Waals surface area contributed by atoms with Crippen molar-refractivity contribution in [3.63, 3.8) is 0 Å². The van der Waals surface area contributed by atoms with Crippen LogP contribution in [0.4, 0.5) is 4.79 Å². The lowest BCUT2D eigenvalue weighted by Crippen LogP contribution is -2.43. The minimum Gasteiger partial charge on any atom is -0.496 e. The number of carboxylic acid groups (broad SMARTS) is 1. The molecule has 0 spiro atoms. The summed E-state index contributed by atoms with van der Waals surface area (Å²) in [5.41, 5.74) is -0.719. The summed E-state index contributed by atoms with van der Waals surface area (Å²) in [5.74, 6) is -0.145. The summed E-state index contributed by atoms with van der Waals surface area (Å²) in [6.45, 7) is 5.30. The van der Waals surface area contributed by atoms with Crippen LogP contribution in [0.3, 0.4) is 0 Å². The molecular weight excluding hydrogens is 364 g/mol. The molecule has 0 radical (unpaired) electrons. The van der Waals surface area contributed by atoms with Crippen LogP contribution in [-0.2, 0) is 9.53 Å². The van der Waals surface area contributed by atoms with Crippen molar-refractivity contribution in [1.82, 2.24) is 9.88 Å². The fraction of sp³-hybridized carbons (Fsp3) is 0.450. The molecule has 2 aromatic rings. The molecule has 1 aromatic heterocycles. The molecule has 0 saturated carbocycles. The lowest BCUT2D eigenvalue weighted by Gasteiger charge is -2.26. The Hall–Kier alpha value is -3.03. The number of pyridine rings is 1. The second kappa shape index (κ2) is 7.53. The van der Waals surface area contributed by atoms with Crippen molar-refractivity contribution in [3.8, 4) is 11.6 Å². The zero-order valence-corrected chi connectivity index (χ0v) is 16.3. The number of rotatable bonds is 4. The van der Waals surface area contributed by atoms with Gasteiger partial charge in [-0.15, -0.1) is 0 Å². The number of carbonyl (C=O) groups excluding carboxylic acids is 1. The number of methoxy groups -OCH3 is 1. The second-order valence-corrected chi connectivity index (χ2v) is 7.64. The summed E-state index contributed by atoms with van der Waals surface area (Å²) in [6.07, 6.45) is 0.555. The van der Waals surface area contributed by atoms with Gasteiger partial charge < -0.3 is 19.3 Å². The molecule has 1 amide bonds. The standard InChI is InChI=1S/C20H24N2O6/c1-20(2,3)28-19(25)22-11-13(10-14(22)18(23)24)27-17-16-12(8-9-21-17)6-5-7-15(16)26-4/h5-9,13-14H,10-11H2,1-4H3,(H,23,24). The third kappa shape index (κ3) is 4.11. The highest BCUT2D eigenvalue weighted by Crippen LogP contribution is 2.34. The molecule has 0 aliphatic carbocycles. The number of carboxylic acids is 1. The minimum absolute atomic E-state index is 0.0963. The van der Waals surface area contributed by atoms with E-state index < -0.39 is 29.8 Å². The Balaban J connectivity index is 1.85. The molecular formula is C20H24N2O6. The Morgan fingerprint density at radius 1 is 1.25 bits per heavy atom. The first-order valence-electron chi connectivity index (χ1n) is 9.00. The highest BCUT2D eigenvalue weighted by molar-refractivity contribution is 5.92. The molecule has 2 heterocycles. The summed E-state index contributed by atoms with van der Waals surface area (Å²) in [7, 11) is 1.56. The number of aliphatic carboxylic acids is 1. The van der Waals surface area contributed by atoms with E-state index >= 15 is 0 Å². The van der Waals surface area contributed by atoms with Crippen LogP contribution in [-0.4, -0.2) is 58.5 Å². The smallest absolute Gasteiger partial charge is 0.411 e. The van der Waals surface area contributed by atoms with Crippen LogP contribution in [0.2, 0.25) is 0 Å². The number of benzene rings is 1. The molecule has 0 bridgehead atoms. The number of aromatic nitrogens is 1. The summed E-state index contributed by atoms with van der Waals surface area (Å²) in [6, 6.07) is 6.40. The van der Waals surface area contributed by atoms with E-state index in [1.807, 2.05) is 18.2 Å². The molecule has 3 rings (SSSR count). The Kier molecular flexibility index (Phi) is 5.31. The molecule has 8 nitrogen and oxygen atoms in total. The Labute approximate surface area is 163 Å². The van der Waals surface area contributed by atoms with Gasteiger partial charge in [0.15, 0.2) is 0 Å². The summed E-state index contributed by atoms with van der Waals surface area (Å²) in [5, 5.41) is 11.1. The predicted octanol–water partition coefficient (Wildman–Crippen LogP) is 3.08. The van der Waals surface area contributed by atoms with E-state index in [0.717, 1.165) is 5.39 Å². The van der Waals surface area contributed by atoms with E-state index in [0.29, 0.717) is 17.0 Å². The lowest BCUT2D eigenvalue weighted by molar-refractivity contribution is -0.142. The van der Waals surface area contributed by atoms with E-state index in [9.17, 15) is 14.7 Å². The SMILES string of the molecule is COc1cccc2ccnc(OC3CC(C(=O)O)N(C(=O)OC(C)(C)C)C3)c12. The quantitative estimate of drug-likeness (QED) is 0.859. The molecule has 1 fully saturated rings. The molecule has 150 valence electrons. The first-order chi connectivity index (χ1) is 13.2. The van der Waals surface area contributed by atoms with Gasteiger partial charge in [0, 0.05) is 12.6 Å². The van der Waals surface area contributed by atoms with Crippen molar-refractivity contribution in [2.75, 3.05) is 13.7 Å². The number of amides is 1. The number of hydrogen-bond donors (Lipinski definition) is 1. The van der Waals surface area contributed by atoms with Crippen LogP contribution in [0.5, 0.6) is 11.6 Å². The number of ether oxygens (including phenoxy) is 3. The maximum atomic E-state index is 12.4. The van der Waals surface area contributed by atoms with Crippen molar-refractivity contribution in [1.29, 1.82) is 0 Å². The third-order valence-electron chi connectivity index (χ3n) is 4.39. The van der Waals surface area contributed by atoms with Crippen molar-refractivity contribution < 1.29 is 28.9 Å². The highest BCUT2D eigenvalue weighted by atomic mass is 16.6. The number of fused-ring (bicyclic) bond motifs is 1. The molecule has 8 heteroatoms. The van der Waals surface area contributed by atoms with E-state index in [2.05, 4.69) is 4.98 Å².